The van der Waals surface area contributed by atoms with Crippen LogP contribution in [-0.2, 0) is 0 Å². The number of hydrogen-bond donors (Lipinski definition) is 2. The van der Waals surface area contributed by atoms with E-state index in [2.05, 4.69) is 4.90 Å². The van der Waals surface area contributed by atoms with E-state index in [9.17, 15) is 10.2 Å². The van der Waals surface area contributed by atoms with Gasteiger partial charge in [-0.2, -0.15) is 0 Å². The molecule has 1 atom stereocenters. The number of ether oxygens (including phenoxy) is 2. The standard InChI is InChI=1S/C14H12O3S.C13H19NO/c15-10-3-1-9(2-4-10)14-8-17-12-6-5-11(16)7-13(12)18-14;1-3-7-13(8-4-1)15-12-11-14-9-5-2-6-10-14/h1-7,14-16H,8H2;1,3-4,7-8H,2,5-6,9-12H2/t14-;/m0./s1. The number of fused-ring (bicyclic) bond motifs is 1. The maximum Gasteiger partial charge on any atom is 0.133 e. The summed E-state index contributed by atoms with van der Waals surface area (Å²) in [7, 11) is 0. The number of hydrogen-bond acceptors (Lipinski definition) is 6. The molecule has 0 spiro atoms. The van der Waals surface area contributed by atoms with E-state index in [-0.39, 0.29) is 16.7 Å². The van der Waals surface area contributed by atoms with Gasteiger partial charge in [0.25, 0.3) is 0 Å². The van der Waals surface area contributed by atoms with Crippen LogP contribution in [0.3, 0.4) is 0 Å². The van der Waals surface area contributed by atoms with Crippen molar-refractivity contribution in [2.24, 2.45) is 0 Å². The zero-order valence-corrected chi connectivity index (χ0v) is 19.5. The lowest BCUT2D eigenvalue weighted by Crippen LogP contribution is -2.33. The molecule has 0 aromatic heterocycles. The number of nitrogens with zero attached hydrogens (tertiary/aromatic N) is 1. The van der Waals surface area contributed by atoms with Gasteiger partial charge < -0.3 is 19.7 Å². The van der Waals surface area contributed by atoms with Gasteiger partial charge >= 0.3 is 0 Å². The van der Waals surface area contributed by atoms with Crippen LogP contribution in [0, 0.1) is 0 Å². The number of phenols is 2. The van der Waals surface area contributed by atoms with Crippen LogP contribution in [0.15, 0.2) is 77.7 Å². The van der Waals surface area contributed by atoms with Gasteiger partial charge in [-0.1, -0.05) is 36.8 Å². The molecule has 1 saturated heterocycles. The number of benzene rings is 3. The smallest absolute Gasteiger partial charge is 0.133 e. The molecule has 0 amide bonds. The Bertz CT molecular complexity index is 991. The Balaban J connectivity index is 0.000000160. The van der Waals surface area contributed by atoms with E-state index < -0.39 is 0 Å². The summed E-state index contributed by atoms with van der Waals surface area (Å²) in [5.41, 5.74) is 1.10. The number of rotatable bonds is 5. The number of para-hydroxylation sites is 1. The van der Waals surface area contributed by atoms with E-state index in [4.69, 9.17) is 9.47 Å². The maximum absolute atomic E-state index is 9.48. The summed E-state index contributed by atoms with van der Waals surface area (Å²) in [6, 6.07) is 22.3. The van der Waals surface area contributed by atoms with Gasteiger partial charge in [-0.25, -0.2) is 0 Å². The van der Waals surface area contributed by atoms with Crippen LogP contribution in [0.4, 0.5) is 0 Å². The summed E-state index contributed by atoms with van der Waals surface area (Å²) in [4.78, 5) is 3.44. The van der Waals surface area contributed by atoms with E-state index >= 15 is 0 Å². The molecule has 0 saturated carbocycles. The molecule has 0 unspecified atom stereocenters. The van der Waals surface area contributed by atoms with Gasteiger partial charge in [0.2, 0.25) is 0 Å². The highest BCUT2D eigenvalue weighted by molar-refractivity contribution is 7.99. The fourth-order valence-corrected chi connectivity index (χ4v) is 5.07. The van der Waals surface area contributed by atoms with Gasteiger partial charge in [-0.15, -0.1) is 11.8 Å². The van der Waals surface area contributed by atoms with Crippen molar-refractivity contribution in [2.75, 3.05) is 32.8 Å². The molecule has 6 heteroatoms. The molecule has 2 aliphatic rings. The lowest BCUT2D eigenvalue weighted by Gasteiger charge is -2.26. The first-order valence-corrected chi connectivity index (χ1v) is 12.4. The molecule has 5 nitrogen and oxygen atoms in total. The van der Waals surface area contributed by atoms with Gasteiger partial charge in [0, 0.05) is 6.54 Å². The fraction of sp³-hybridized carbons (Fsp3) is 0.333. The predicted molar refractivity (Wildman–Crippen MR) is 133 cm³/mol. The largest absolute Gasteiger partial charge is 0.508 e. The molecule has 1 fully saturated rings. The highest BCUT2D eigenvalue weighted by atomic mass is 32.2. The van der Waals surface area contributed by atoms with Crippen molar-refractivity contribution >= 4 is 11.8 Å². The first-order chi connectivity index (χ1) is 16.2. The Kier molecular flexibility index (Phi) is 8.39. The van der Waals surface area contributed by atoms with E-state index in [1.165, 1.54) is 32.4 Å². The Morgan fingerprint density at radius 1 is 0.879 bits per heavy atom. The Morgan fingerprint density at radius 2 is 1.61 bits per heavy atom. The summed E-state index contributed by atoms with van der Waals surface area (Å²) < 4.78 is 11.3. The van der Waals surface area contributed by atoms with E-state index in [0.717, 1.165) is 35.1 Å². The number of piperidine rings is 1. The molecule has 3 aromatic rings. The second kappa shape index (κ2) is 11.9. The van der Waals surface area contributed by atoms with Crippen LogP contribution in [-0.4, -0.2) is 48.0 Å². The van der Waals surface area contributed by atoms with Crippen molar-refractivity contribution in [2.45, 2.75) is 29.4 Å². The number of thioether (sulfide) groups is 1. The van der Waals surface area contributed by atoms with Crippen LogP contribution >= 0.6 is 11.8 Å². The van der Waals surface area contributed by atoms with Crippen molar-refractivity contribution in [1.82, 2.24) is 4.90 Å². The molecule has 5 rings (SSSR count). The van der Waals surface area contributed by atoms with Gasteiger partial charge in [0.1, 0.15) is 36.2 Å². The highest BCUT2D eigenvalue weighted by Gasteiger charge is 2.22. The molecule has 2 heterocycles. The van der Waals surface area contributed by atoms with E-state index in [0.29, 0.717) is 6.61 Å². The topological polar surface area (TPSA) is 62.2 Å². The lowest BCUT2D eigenvalue weighted by molar-refractivity contribution is 0.183. The number of likely N-dealkylation sites (tertiary alicyclic amines) is 1. The highest BCUT2D eigenvalue weighted by Crippen LogP contribution is 2.45. The maximum atomic E-state index is 9.48. The third-order valence-corrected chi connectivity index (χ3v) is 6.99. The summed E-state index contributed by atoms with van der Waals surface area (Å²) in [6.45, 7) is 4.96. The molecule has 33 heavy (non-hydrogen) atoms. The second-order valence-corrected chi connectivity index (χ2v) is 9.45. The molecule has 174 valence electrons. The van der Waals surface area contributed by atoms with Crippen LogP contribution < -0.4 is 9.47 Å². The van der Waals surface area contributed by atoms with Gasteiger partial charge in [-0.05, 0) is 74.0 Å². The second-order valence-electron chi connectivity index (χ2n) is 8.20. The first kappa shape index (κ1) is 23.3. The third-order valence-electron chi connectivity index (χ3n) is 5.72. The number of phenolic OH excluding ortho intramolecular Hbond substituents is 2. The van der Waals surface area contributed by atoms with Crippen molar-refractivity contribution in [3.05, 3.63) is 78.4 Å². The Labute approximate surface area is 200 Å². The summed E-state index contributed by atoms with van der Waals surface area (Å²) in [6.07, 6.45) is 4.10. The molecule has 3 aromatic carbocycles. The van der Waals surface area contributed by atoms with Crippen LogP contribution in [0.5, 0.6) is 23.0 Å². The first-order valence-electron chi connectivity index (χ1n) is 11.5. The normalized spacial score (nSPS) is 17.8. The minimum atomic E-state index is 0.180. The van der Waals surface area contributed by atoms with Crippen LogP contribution in [0.25, 0.3) is 0 Å². The molecule has 2 aliphatic heterocycles. The van der Waals surface area contributed by atoms with Crippen LogP contribution in [0.1, 0.15) is 30.1 Å². The Morgan fingerprint density at radius 3 is 2.36 bits per heavy atom. The zero-order valence-electron chi connectivity index (χ0n) is 18.7. The molecular formula is C27H31NO4S. The zero-order chi connectivity index (χ0) is 22.9. The van der Waals surface area contributed by atoms with Crippen LogP contribution in [0.2, 0.25) is 0 Å². The molecule has 0 bridgehead atoms. The SMILES string of the molecule is Oc1ccc([C@@H]2COc3ccc(O)cc3S2)cc1.c1ccc(OCCN2CCCCC2)cc1. The summed E-state index contributed by atoms with van der Waals surface area (Å²) in [5.74, 6) is 2.30. The molecular weight excluding hydrogens is 434 g/mol. The van der Waals surface area contributed by atoms with Crippen molar-refractivity contribution < 1.29 is 19.7 Å². The summed E-state index contributed by atoms with van der Waals surface area (Å²) in [5, 5.41) is 18.9. The van der Waals surface area contributed by atoms with E-state index in [1.54, 1.807) is 42.1 Å². The monoisotopic (exact) mass is 465 g/mol. The third kappa shape index (κ3) is 7.07. The van der Waals surface area contributed by atoms with E-state index in [1.807, 2.05) is 42.5 Å². The Hall–Kier alpha value is -2.83. The fourth-order valence-electron chi connectivity index (χ4n) is 3.91. The average molecular weight is 466 g/mol. The molecule has 2 N–H and O–H groups in total. The van der Waals surface area contributed by atoms with Gasteiger partial charge in [0.05, 0.1) is 10.1 Å². The minimum Gasteiger partial charge on any atom is -0.508 e. The van der Waals surface area contributed by atoms with Gasteiger partial charge in [0.15, 0.2) is 0 Å². The minimum absolute atomic E-state index is 0.180. The average Bonchev–Trinajstić information content (AvgIpc) is 2.86. The van der Waals surface area contributed by atoms with Crippen molar-refractivity contribution in [3.63, 3.8) is 0 Å². The number of aromatic hydroxyl groups is 2. The predicted octanol–water partition coefficient (Wildman–Crippen LogP) is 5.87. The van der Waals surface area contributed by atoms with Crippen molar-refractivity contribution in [1.29, 1.82) is 0 Å². The van der Waals surface area contributed by atoms with Crippen molar-refractivity contribution in [3.8, 4) is 23.0 Å². The molecule has 0 radical (unpaired) electrons. The lowest BCUT2D eigenvalue weighted by atomic mass is 10.1. The summed E-state index contributed by atoms with van der Waals surface area (Å²) >= 11 is 1.66. The molecule has 0 aliphatic carbocycles. The van der Waals surface area contributed by atoms with Gasteiger partial charge in [-0.3, -0.25) is 4.90 Å². The quantitative estimate of drug-likeness (QED) is 0.491.